The first kappa shape index (κ1) is 24.7. The van der Waals surface area contributed by atoms with Gasteiger partial charge in [0, 0.05) is 30.6 Å². The van der Waals surface area contributed by atoms with E-state index in [2.05, 4.69) is 16.0 Å². The van der Waals surface area contributed by atoms with Crippen LogP contribution in [0.3, 0.4) is 0 Å². The highest BCUT2D eigenvalue weighted by Crippen LogP contribution is 2.36. The average molecular weight is 488 g/mol. The first-order valence-corrected chi connectivity index (χ1v) is 11.3. The fourth-order valence-electron chi connectivity index (χ4n) is 4.00. The van der Waals surface area contributed by atoms with Gasteiger partial charge in [0.15, 0.2) is 0 Å². The van der Waals surface area contributed by atoms with Gasteiger partial charge in [0.05, 0.1) is 5.56 Å². The second-order valence-corrected chi connectivity index (χ2v) is 8.84. The minimum absolute atomic E-state index is 0.309. The molecule has 0 fully saturated rings. The Labute approximate surface area is 207 Å². The lowest BCUT2D eigenvalue weighted by Gasteiger charge is -2.24. The second kappa shape index (κ2) is 9.65. The number of benzene rings is 3. The van der Waals surface area contributed by atoms with Crippen LogP contribution in [0.5, 0.6) is 0 Å². The molecule has 0 atom stereocenters. The summed E-state index contributed by atoms with van der Waals surface area (Å²) in [6.07, 6.45) is 0. The molecule has 0 aliphatic heterocycles. The Kier molecular flexibility index (Phi) is 6.61. The average Bonchev–Trinajstić information content (AvgIpc) is 3.26. The molecule has 0 radical (unpaired) electrons. The fraction of sp³-hybridized carbons (Fsp3) is 0.179. The molecular weight excluding hydrogens is 461 g/mol. The number of carbonyl (C=O) groups is 3. The Hall–Kier alpha value is -4.46. The van der Waals surface area contributed by atoms with E-state index in [0.717, 1.165) is 11.1 Å². The summed E-state index contributed by atoms with van der Waals surface area (Å²) in [6, 6.07) is 18.1. The number of hydrogen-bond acceptors (Lipinski definition) is 4. The number of nitrogens with one attached hydrogen (secondary N) is 3. The first-order valence-electron chi connectivity index (χ1n) is 11.3. The van der Waals surface area contributed by atoms with E-state index in [1.54, 1.807) is 50.2 Å². The van der Waals surface area contributed by atoms with Crippen LogP contribution in [0.1, 0.15) is 34.6 Å². The van der Waals surface area contributed by atoms with Crippen LogP contribution >= 0.6 is 0 Å². The van der Waals surface area contributed by atoms with Crippen molar-refractivity contribution < 1.29 is 23.2 Å². The van der Waals surface area contributed by atoms with Crippen LogP contribution in [-0.4, -0.2) is 37.4 Å². The minimum Gasteiger partial charge on any atom is -0.455 e. The van der Waals surface area contributed by atoms with Gasteiger partial charge in [-0.05, 0) is 73.5 Å². The van der Waals surface area contributed by atoms with Crippen molar-refractivity contribution in [1.29, 1.82) is 0 Å². The number of halogens is 1. The van der Waals surface area contributed by atoms with Gasteiger partial charge in [0.1, 0.15) is 22.7 Å². The third kappa shape index (κ3) is 4.70. The molecule has 0 saturated heterocycles. The number of amides is 3. The molecule has 4 aromatic rings. The fourth-order valence-corrected chi connectivity index (χ4v) is 4.00. The summed E-state index contributed by atoms with van der Waals surface area (Å²) in [5.41, 5.74) is 2.21. The first-order chi connectivity index (χ1) is 17.1. The topological polar surface area (TPSA) is 100 Å². The molecule has 3 aromatic carbocycles. The van der Waals surface area contributed by atoms with Gasteiger partial charge in [-0.25, -0.2) is 4.39 Å². The molecule has 0 saturated carbocycles. The zero-order chi connectivity index (χ0) is 26.0. The van der Waals surface area contributed by atoms with Crippen molar-refractivity contribution in [3.8, 4) is 22.5 Å². The molecule has 0 unspecified atom stereocenters. The smallest absolute Gasteiger partial charge is 0.255 e. The van der Waals surface area contributed by atoms with Crippen molar-refractivity contribution in [2.45, 2.75) is 19.4 Å². The summed E-state index contributed by atoms with van der Waals surface area (Å²) in [5.74, 6) is -1.09. The van der Waals surface area contributed by atoms with E-state index in [-0.39, 0.29) is 23.5 Å². The summed E-state index contributed by atoms with van der Waals surface area (Å²) in [5, 5.41) is 8.51. The normalized spacial score (nSPS) is 11.2. The third-order valence-corrected chi connectivity index (χ3v) is 5.93. The van der Waals surface area contributed by atoms with Crippen LogP contribution in [0.15, 0.2) is 71.1 Å². The van der Waals surface area contributed by atoms with Gasteiger partial charge in [0.2, 0.25) is 5.91 Å². The van der Waals surface area contributed by atoms with E-state index >= 15 is 0 Å². The maximum atomic E-state index is 13.5. The highest BCUT2D eigenvalue weighted by atomic mass is 19.1. The Balaban J connectivity index is 1.76. The van der Waals surface area contributed by atoms with Gasteiger partial charge in [-0.1, -0.05) is 18.2 Å². The lowest BCUT2D eigenvalue weighted by atomic mass is 9.98. The van der Waals surface area contributed by atoms with Crippen molar-refractivity contribution in [2.24, 2.45) is 0 Å². The van der Waals surface area contributed by atoms with E-state index in [4.69, 9.17) is 4.42 Å². The highest BCUT2D eigenvalue weighted by molar-refractivity contribution is 6.12. The lowest BCUT2D eigenvalue weighted by molar-refractivity contribution is -0.125. The molecule has 0 bridgehead atoms. The molecule has 4 rings (SSSR count). The van der Waals surface area contributed by atoms with Gasteiger partial charge < -0.3 is 20.4 Å². The van der Waals surface area contributed by atoms with Gasteiger partial charge in [-0.15, -0.1) is 0 Å². The summed E-state index contributed by atoms with van der Waals surface area (Å²) in [4.78, 5) is 37.7. The quantitative estimate of drug-likeness (QED) is 0.372. The van der Waals surface area contributed by atoms with E-state index in [1.807, 2.05) is 18.2 Å². The van der Waals surface area contributed by atoms with Gasteiger partial charge in [-0.3, -0.25) is 14.4 Å². The van der Waals surface area contributed by atoms with Crippen molar-refractivity contribution >= 4 is 28.7 Å². The number of fused-ring (bicyclic) bond motifs is 1. The number of carbonyl (C=O) groups excluding carboxylic acids is 3. The molecule has 3 N–H and O–H groups in total. The van der Waals surface area contributed by atoms with Gasteiger partial charge in [-0.2, -0.15) is 0 Å². The lowest BCUT2D eigenvalue weighted by Crippen LogP contribution is -2.53. The van der Waals surface area contributed by atoms with Crippen LogP contribution in [0.2, 0.25) is 0 Å². The molecule has 0 spiro atoms. The molecule has 184 valence electrons. The predicted octanol–water partition coefficient (Wildman–Crippen LogP) is 4.52. The van der Waals surface area contributed by atoms with Crippen molar-refractivity contribution in [2.75, 3.05) is 14.1 Å². The van der Waals surface area contributed by atoms with Crippen LogP contribution < -0.4 is 16.0 Å². The number of furan rings is 1. The second-order valence-electron chi connectivity index (χ2n) is 8.84. The molecule has 8 heteroatoms. The molecular formula is C28H26FN3O4. The van der Waals surface area contributed by atoms with Crippen LogP contribution in [0, 0.1) is 5.82 Å². The standard InChI is InChI=1S/C28H26FN3O4/c1-28(2,27(35)31-4)32-25(33)19-7-5-6-17(14-19)18-10-13-22-21(15-18)23(26(34)30-3)24(36-22)16-8-11-20(29)12-9-16/h5-15H,1-4H3,(H,30,34)(H,31,35)(H,32,33). The SMILES string of the molecule is CNC(=O)c1c(-c2ccc(F)cc2)oc2ccc(-c3cccc(C(=O)NC(C)(C)C(=O)NC)c3)cc12. The maximum Gasteiger partial charge on any atom is 0.255 e. The zero-order valence-electron chi connectivity index (χ0n) is 20.4. The highest BCUT2D eigenvalue weighted by Gasteiger charge is 2.29. The largest absolute Gasteiger partial charge is 0.455 e. The number of hydrogen-bond donors (Lipinski definition) is 3. The van der Waals surface area contributed by atoms with E-state index in [1.165, 1.54) is 26.2 Å². The Morgan fingerprint density at radius 1 is 0.806 bits per heavy atom. The van der Waals surface area contributed by atoms with Crippen molar-refractivity contribution in [3.63, 3.8) is 0 Å². The molecule has 0 aliphatic carbocycles. The van der Waals surface area contributed by atoms with E-state index in [0.29, 0.717) is 33.4 Å². The summed E-state index contributed by atoms with van der Waals surface area (Å²) < 4.78 is 19.5. The monoisotopic (exact) mass is 487 g/mol. The summed E-state index contributed by atoms with van der Waals surface area (Å²) >= 11 is 0. The molecule has 1 aromatic heterocycles. The Morgan fingerprint density at radius 3 is 2.14 bits per heavy atom. The van der Waals surface area contributed by atoms with Crippen LogP contribution in [0.25, 0.3) is 33.4 Å². The summed E-state index contributed by atoms with van der Waals surface area (Å²) in [7, 11) is 3.04. The number of likely N-dealkylation sites (N-methyl/N-ethyl adjacent to an activating group) is 1. The molecule has 7 nitrogen and oxygen atoms in total. The van der Waals surface area contributed by atoms with Crippen molar-refractivity contribution in [1.82, 2.24) is 16.0 Å². The van der Waals surface area contributed by atoms with Gasteiger partial charge >= 0.3 is 0 Å². The van der Waals surface area contributed by atoms with Gasteiger partial charge in [0.25, 0.3) is 11.8 Å². The third-order valence-electron chi connectivity index (χ3n) is 5.93. The molecule has 3 amide bonds. The van der Waals surface area contributed by atoms with Crippen LogP contribution in [-0.2, 0) is 4.79 Å². The van der Waals surface area contributed by atoms with Crippen LogP contribution in [0.4, 0.5) is 4.39 Å². The maximum absolute atomic E-state index is 13.5. The summed E-state index contributed by atoms with van der Waals surface area (Å²) in [6.45, 7) is 3.25. The molecule has 1 heterocycles. The van der Waals surface area contributed by atoms with E-state index < -0.39 is 5.54 Å². The minimum atomic E-state index is -1.09. The van der Waals surface area contributed by atoms with Crippen molar-refractivity contribution in [3.05, 3.63) is 83.7 Å². The van der Waals surface area contributed by atoms with E-state index in [9.17, 15) is 18.8 Å². The Bertz CT molecular complexity index is 1470. The predicted molar refractivity (Wildman–Crippen MR) is 136 cm³/mol. The number of rotatable bonds is 6. The zero-order valence-corrected chi connectivity index (χ0v) is 20.4. The molecule has 0 aliphatic rings. The Morgan fingerprint density at radius 2 is 1.47 bits per heavy atom. The molecule has 36 heavy (non-hydrogen) atoms.